The van der Waals surface area contributed by atoms with E-state index in [2.05, 4.69) is 33.2 Å². The molecule has 20 heavy (non-hydrogen) atoms. The van der Waals surface area contributed by atoms with Gasteiger partial charge >= 0.3 is 0 Å². The maximum Gasteiger partial charge on any atom is 0.145 e. The summed E-state index contributed by atoms with van der Waals surface area (Å²) in [5.41, 5.74) is 0.973. The molecule has 0 saturated heterocycles. The quantitative estimate of drug-likeness (QED) is 0.874. The predicted octanol–water partition coefficient (Wildman–Crippen LogP) is 4.45. The minimum Gasteiger partial charge on any atom is -0.455 e. The number of ether oxygens (including phenoxy) is 1. The molecule has 0 aliphatic carbocycles. The van der Waals surface area contributed by atoms with Gasteiger partial charge in [0, 0.05) is 6.04 Å². The van der Waals surface area contributed by atoms with Crippen molar-refractivity contribution in [1.82, 2.24) is 10.3 Å². The summed E-state index contributed by atoms with van der Waals surface area (Å²) in [6, 6.07) is 8.33. The van der Waals surface area contributed by atoms with Gasteiger partial charge in [0.25, 0.3) is 0 Å². The van der Waals surface area contributed by atoms with E-state index in [4.69, 9.17) is 4.74 Å². The molecule has 1 unspecified atom stereocenters. The van der Waals surface area contributed by atoms with Crippen LogP contribution in [0.25, 0.3) is 0 Å². The molecular formula is C15H16BrFN2O. The normalized spacial score (nSPS) is 12.2. The lowest BCUT2D eigenvalue weighted by atomic mass is 10.1. The summed E-state index contributed by atoms with van der Waals surface area (Å²) in [5, 5.41) is 3.20. The summed E-state index contributed by atoms with van der Waals surface area (Å²) < 4.78 is 19.2. The molecule has 0 amide bonds. The van der Waals surface area contributed by atoms with E-state index in [9.17, 15) is 4.39 Å². The Bertz CT molecular complexity index is 571. The van der Waals surface area contributed by atoms with Crippen LogP contribution in [0.1, 0.15) is 25.1 Å². The van der Waals surface area contributed by atoms with Gasteiger partial charge in [-0.15, -0.1) is 0 Å². The molecule has 0 aliphatic heterocycles. The molecule has 0 spiro atoms. The standard InChI is InChI=1S/C15H16BrFN2O/c1-3-13(18-2)14-6-5-11(9-19-14)20-15-7-4-10(17)8-12(15)16/h4-9,13,18H,3H2,1-2H3. The Balaban J connectivity index is 2.14. The Hall–Kier alpha value is -1.46. The van der Waals surface area contributed by atoms with Crippen LogP contribution in [0.2, 0.25) is 0 Å². The molecule has 0 radical (unpaired) electrons. The van der Waals surface area contributed by atoms with E-state index in [0.29, 0.717) is 16.0 Å². The van der Waals surface area contributed by atoms with Gasteiger partial charge in [0.15, 0.2) is 0 Å². The summed E-state index contributed by atoms with van der Waals surface area (Å²) in [5.74, 6) is 0.867. The lowest BCUT2D eigenvalue weighted by molar-refractivity contribution is 0.472. The number of aromatic nitrogens is 1. The highest BCUT2D eigenvalue weighted by atomic mass is 79.9. The molecule has 0 saturated carbocycles. The van der Waals surface area contributed by atoms with Crippen molar-refractivity contribution in [2.24, 2.45) is 0 Å². The van der Waals surface area contributed by atoms with Crippen LogP contribution in [0.5, 0.6) is 11.5 Å². The van der Waals surface area contributed by atoms with E-state index in [1.807, 2.05) is 19.2 Å². The molecule has 1 aromatic carbocycles. The van der Waals surface area contributed by atoms with Gasteiger partial charge in [-0.1, -0.05) is 6.92 Å². The van der Waals surface area contributed by atoms with Gasteiger partial charge in [0.2, 0.25) is 0 Å². The van der Waals surface area contributed by atoms with E-state index in [-0.39, 0.29) is 11.9 Å². The van der Waals surface area contributed by atoms with Crippen LogP contribution in [0, 0.1) is 5.82 Å². The molecule has 2 rings (SSSR count). The Kier molecular flexibility index (Phi) is 5.09. The van der Waals surface area contributed by atoms with Crippen molar-refractivity contribution in [3.8, 4) is 11.5 Å². The van der Waals surface area contributed by atoms with Crippen molar-refractivity contribution >= 4 is 15.9 Å². The maximum atomic E-state index is 13.0. The minimum absolute atomic E-state index is 0.238. The topological polar surface area (TPSA) is 34.1 Å². The van der Waals surface area contributed by atoms with Crippen LogP contribution >= 0.6 is 15.9 Å². The van der Waals surface area contributed by atoms with Crippen molar-refractivity contribution in [1.29, 1.82) is 0 Å². The molecule has 1 atom stereocenters. The number of hydrogen-bond donors (Lipinski definition) is 1. The first-order valence-electron chi connectivity index (χ1n) is 6.40. The number of benzene rings is 1. The highest BCUT2D eigenvalue weighted by molar-refractivity contribution is 9.10. The van der Waals surface area contributed by atoms with Gasteiger partial charge in [0.05, 0.1) is 16.4 Å². The van der Waals surface area contributed by atoms with Crippen molar-refractivity contribution in [2.75, 3.05) is 7.05 Å². The largest absolute Gasteiger partial charge is 0.455 e. The Labute approximate surface area is 126 Å². The first kappa shape index (κ1) is 14.9. The second kappa shape index (κ2) is 6.81. The molecule has 0 bridgehead atoms. The highest BCUT2D eigenvalue weighted by Crippen LogP contribution is 2.30. The lowest BCUT2D eigenvalue weighted by Crippen LogP contribution is -2.16. The molecule has 3 nitrogen and oxygen atoms in total. The number of halogens is 2. The van der Waals surface area contributed by atoms with Gasteiger partial charge in [-0.3, -0.25) is 4.98 Å². The van der Waals surface area contributed by atoms with Crippen molar-refractivity contribution < 1.29 is 9.13 Å². The molecule has 0 aliphatic rings. The van der Waals surface area contributed by atoms with Gasteiger partial charge in [-0.2, -0.15) is 0 Å². The average molecular weight is 339 g/mol. The summed E-state index contributed by atoms with van der Waals surface area (Å²) in [4.78, 5) is 4.39. The van der Waals surface area contributed by atoms with Crippen LogP contribution in [-0.4, -0.2) is 12.0 Å². The third kappa shape index (κ3) is 3.55. The van der Waals surface area contributed by atoms with Crippen LogP contribution in [-0.2, 0) is 0 Å². The smallest absolute Gasteiger partial charge is 0.145 e. The van der Waals surface area contributed by atoms with Crippen LogP contribution < -0.4 is 10.1 Å². The zero-order valence-corrected chi connectivity index (χ0v) is 12.9. The molecular weight excluding hydrogens is 323 g/mol. The van der Waals surface area contributed by atoms with E-state index < -0.39 is 0 Å². The van der Waals surface area contributed by atoms with Crippen molar-refractivity contribution in [3.63, 3.8) is 0 Å². The number of pyridine rings is 1. The fraction of sp³-hybridized carbons (Fsp3) is 0.267. The number of nitrogens with one attached hydrogen (secondary N) is 1. The molecule has 5 heteroatoms. The maximum absolute atomic E-state index is 13.0. The number of nitrogens with zero attached hydrogens (tertiary/aromatic N) is 1. The van der Waals surface area contributed by atoms with Crippen LogP contribution in [0.15, 0.2) is 41.0 Å². The average Bonchev–Trinajstić information content (AvgIpc) is 2.45. The first-order chi connectivity index (χ1) is 9.63. The fourth-order valence-electron chi connectivity index (χ4n) is 1.90. The molecule has 1 N–H and O–H groups in total. The van der Waals surface area contributed by atoms with E-state index in [0.717, 1.165) is 12.1 Å². The molecule has 2 aromatic rings. The zero-order chi connectivity index (χ0) is 14.5. The van der Waals surface area contributed by atoms with Crippen LogP contribution in [0.4, 0.5) is 4.39 Å². The fourth-order valence-corrected chi connectivity index (χ4v) is 2.34. The minimum atomic E-state index is -0.308. The van der Waals surface area contributed by atoms with Gasteiger partial charge in [-0.25, -0.2) is 4.39 Å². The summed E-state index contributed by atoms with van der Waals surface area (Å²) >= 11 is 3.27. The molecule has 1 heterocycles. The third-order valence-corrected chi connectivity index (χ3v) is 3.61. The Morgan fingerprint density at radius 3 is 2.70 bits per heavy atom. The zero-order valence-electron chi connectivity index (χ0n) is 11.4. The summed E-state index contributed by atoms with van der Waals surface area (Å²) in [6.07, 6.45) is 2.64. The van der Waals surface area contributed by atoms with Gasteiger partial charge in [0.1, 0.15) is 17.3 Å². The Morgan fingerprint density at radius 1 is 1.35 bits per heavy atom. The van der Waals surface area contributed by atoms with E-state index in [1.165, 1.54) is 12.1 Å². The molecule has 1 aromatic heterocycles. The van der Waals surface area contributed by atoms with Gasteiger partial charge in [-0.05, 0) is 59.7 Å². The third-order valence-electron chi connectivity index (χ3n) is 2.99. The van der Waals surface area contributed by atoms with Crippen molar-refractivity contribution in [3.05, 3.63) is 52.5 Å². The SMILES string of the molecule is CCC(NC)c1ccc(Oc2ccc(F)cc2Br)cn1. The summed E-state index contributed by atoms with van der Waals surface area (Å²) in [6.45, 7) is 2.10. The molecule has 0 fully saturated rings. The molecule has 106 valence electrons. The van der Waals surface area contributed by atoms with Crippen LogP contribution in [0.3, 0.4) is 0 Å². The Morgan fingerprint density at radius 2 is 2.15 bits per heavy atom. The number of hydrogen-bond acceptors (Lipinski definition) is 3. The van der Waals surface area contributed by atoms with E-state index in [1.54, 1.807) is 12.3 Å². The first-order valence-corrected chi connectivity index (χ1v) is 7.19. The number of rotatable bonds is 5. The van der Waals surface area contributed by atoms with E-state index >= 15 is 0 Å². The highest BCUT2D eigenvalue weighted by Gasteiger charge is 2.09. The second-order valence-electron chi connectivity index (χ2n) is 4.35. The predicted molar refractivity (Wildman–Crippen MR) is 80.5 cm³/mol. The second-order valence-corrected chi connectivity index (χ2v) is 5.20. The van der Waals surface area contributed by atoms with Crippen molar-refractivity contribution in [2.45, 2.75) is 19.4 Å². The summed E-state index contributed by atoms with van der Waals surface area (Å²) in [7, 11) is 1.91. The monoisotopic (exact) mass is 338 g/mol. The van der Waals surface area contributed by atoms with Gasteiger partial charge < -0.3 is 10.1 Å². The lowest BCUT2D eigenvalue weighted by Gasteiger charge is -2.13.